The Kier molecular flexibility index (Phi) is 4.58. The van der Waals surface area contributed by atoms with Gasteiger partial charge in [-0.1, -0.05) is 6.07 Å². The topological polar surface area (TPSA) is 136 Å². The standard InChI is InChI=1S/C18H19N9O/c1-11-7-13(9-20-11)25-18-21-10-15(16(19)28)17(26-18)24-12-3-2-4-14(8-12)27-22-5-6-23-27/h2-8,10,13,20H,9H2,1H3,(H2,19,28)(H2,21,24,25,26)/t13-/m1/s1. The van der Waals surface area contributed by atoms with E-state index in [-0.39, 0.29) is 11.6 Å². The molecular weight excluding hydrogens is 358 g/mol. The Morgan fingerprint density at radius 3 is 2.86 bits per heavy atom. The Bertz CT molecular complexity index is 1030. The van der Waals surface area contributed by atoms with Gasteiger partial charge in [-0.15, -0.1) is 0 Å². The molecule has 1 atom stereocenters. The lowest BCUT2D eigenvalue weighted by Crippen LogP contribution is -2.25. The first-order valence-electron chi connectivity index (χ1n) is 8.68. The van der Waals surface area contributed by atoms with Crippen LogP contribution in [-0.2, 0) is 0 Å². The van der Waals surface area contributed by atoms with Gasteiger partial charge in [-0.3, -0.25) is 4.79 Å². The summed E-state index contributed by atoms with van der Waals surface area (Å²) in [6, 6.07) is 7.48. The molecule has 28 heavy (non-hydrogen) atoms. The number of benzene rings is 1. The van der Waals surface area contributed by atoms with Crippen molar-refractivity contribution in [1.82, 2.24) is 30.3 Å². The molecule has 3 aromatic rings. The van der Waals surface area contributed by atoms with E-state index in [1.165, 1.54) is 11.0 Å². The van der Waals surface area contributed by atoms with Crippen molar-refractivity contribution in [3.8, 4) is 5.69 Å². The highest BCUT2D eigenvalue weighted by atomic mass is 16.1. The van der Waals surface area contributed by atoms with Gasteiger partial charge in [-0.25, -0.2) is 4.98 Å². The summed E-state index contributed by atoms with van der Waals surface area (Å²) in [5.41, 5.74) is 8.25. The van der Waals surface area contributed by atoms with E-state index in [1.54, 1.807) is 12.4 Å². The molecule has 0 radical (unpaired) electrons. The van der Waals surface area contributed by atoms with E-state index in [2.05, 4.69) is 42.2 Å². The molecule has 2 aromatic heterocycles. The maximum atomic E-state index is 11.8. The molecule has 10 nitrogen and oxygen atoms in total. The number of nitrogens with zero attached hydrogens (tertiary/aromatic N) is 5. The smallest absolute Gasteiger partial charge is 0.254 e. The number of amides is 1. The Hall–Kier alpha value is -3.95. The lowest BCUT2D eigenvalue weighted by atomic mass is 10.2. The van der Waals surface area contributed by atoms with E-state index in [1.807, 2.05) is 31.2 Å². The summed E-state index contributed by atoms with van der Waals surface area (Å²) in [5.74, 6) is 0.106. The summed E-state index contributed by atoms with van der Waals surface area (Å²) >= 11 is 0. The van der Waals surface area contributed by atoms with Gasteiger partial charge in [-0.05, 0) is 31.2 Å². The average Bonchev–Trinajstić information content (AvgIpc) is 3.34. The van der Waals surface area contributed by atoms with Gasteiger partial charge in [0.25, 0.3) is 5.91 Å². The minimum Gasteiger partial charge on any atom is -0.386 e. The highest BCUT2D eigenvalue weighted by molar-refractivity contribution is 5.98. The molecule has 1 amide bonds. The second-order valence-electron chi connectivity index (χ2n) is 6.30. The molecule has 0 saturated carbocycles. The number of anilines is 3. The number of primary amides is 1. The molecule has 0 aliphatic carbocycles. The average molecular weight is 377 g/mol. The van der Waals surface area contributed by atoms with Crippen molar-refractivity contribution in [3.05, 3.63) is 60.2 Å². The molecule has 1 aliphatic rings. The van der Waals surface area contributed by atoms with Crippen LogP contribution < -0.4 is 21.7 Å². The Balaban J connectivity index is 1.61. The van der Waals surface area contributed by atoms with Crippen molar-refractivity contribution in [2.24, 2.45) is 5.73 Å². The fourth-order valence-corrected chi connectivity index (χ4v) is 2.87. The molecule has 5 N–H and O–H groups in total. The van der Waals surface area contributed by atoms with Crippen molar-refractivity contribution in [2.75, 3.05) is 17.2 Å². The lowest BCUT2D eigenvalue weighted by molar-refractivity contribution is 0.100. The summed E-state index contributed by atoms with van der Waals surface area (Å²) in [6.07, 6.45) is 6.67. The van der Waals surface area contributed by atoms with Crippen molar-refractivity contribution >= 4 is 23.4 Å². The van der Waals surface area contributed by atoms with Gasteiger partial charge in [-0.2, -0.15) is 20.0 Å². The van der Waals surface area contributed by atoms with Crippen LogP contribution >= 0.6 is 0 Å². The van der Waals surface area contributed by atoms with Crippen LogP contribution in [0.4, 0.5) is 17.5 Å². The van der Waals surface area contributed by atoms with Gasteiger partial charge in [0, 0.05) is 24.1 Å². The van der Waals surface area contributed by atoms with Crippen molar-refractivity contribution < 1.29 is 4.79 Å². The van der Waals surface area contributed by atoms with Gasteiger partial charge in [0.15, 0.2) is 0 Å². The van der Waals surface area contributed by atoms with Gasteiger partial charge >= 0.3 is 0 Å². The van der Waals surface area contributed by atoms with Crippen LogP contribution in [0.2, 0.25) is 0 Å². The third-order valence-corrected chi connectivity index (χ3v) is 4.18. The van der Waals surface area contributed by atoms with E-state index in [0.29, 0.717) is 17.5 Å². The highest BCUT2D eigenvalue weighted by Gasteiger charge is 2.17. The van der Waals surface area contributed by atoms with E-state index < -0.39 is 5.91 Å². The molecule has 0 unspecified atom stereocenters. The van der Waals surface area contributed by atoms with Gasteiger partial charge in [0.05, 0.1) is 24.1 Å². The predicted molar refractivity (Wildman–Crippen MR) is 104 cm³/mol. The molecular formula is C18H19N9O. The number of rotatable bonds is 6. The zero-order valence-electron chi connectivity index (χ0n) is 15.1. The zero-order chi connectivity index (χ0) is 19.5. The second kappa shape index (κ2) is 7.35. The van der Waals surface area contributed by atoms with Gasteiger partial charge in [0.2, 0.25) is 5.95 Å². The quantitative estimate of drug-likeness (QED) is 0.503. The van der Waals surface area contributed by atoms with Crippen molar-refractivity contribution in [3.63, 3.8) is 0 Å². The first kappa shape index (κ1) is 17.5. The molecule has 0 fully saturated rings. The third-order valence-electron chi connectivity index (χ3n) is 4.18. The molecule has 1 aliphatic heterocycles. The summed E-state index contributed by atoms with van der Waals surface area (Å²) in [5, 5.41) is 17.8. The van der Waals surface area contributed by atoms with Crippen LogP contribution in [0.15, 0.2) is 54.6 Å². The molecule has 0 bridgehead atoms. The number of hydrogen-bond donors (Lipinski definition) is 4. The van der Waals surface area contributed by atoms with Gasteiger partial charge in [0.1, 0.15) is 11.4 Å². The predicted octanol–water partition coefficient (Wildman–Crippen LogP) is 1.19. The van der Waals surface area contributed by atoms with Crippen LogP contribution in [0.3, 0.4) is 0 Å². The third kappa shape index (κ3) is 3.75. The first-order chi connectivity index (χ1) is 13.6. The summed E-state index contributed by atoms with van der Waals surface area (Å²) in [6.45, 7) is 2.74. The van der Waals surface area contributed by atoms with Gasteiger partial charge < -0.3 is 21.7 Å². The number of allylic oxidation sites excluding steroid dienone is 1. The normalized spacial score (nSPS) is 15.6. The second-order valence-corrected chi connectivity index (χ2v) is 6.30. The minimum atomic E-state index is -0.614. The molecule has 4 rings (SSSR count). The summed E-state index contributed by atoms with van der Waals surface area (Å²) in [7, 11) is 0. The fraction of sp³-hybridized carbons (Fsp3) is 0.167. The number of nitrogens with one attached hydrogen (secondary N) is 3. The Labute approximate surface area is 160 Å². The van der Waals surface area contributed by atoms with E-state index in [0.717, 1.165) is 17.9 Å². The Morgan fingerprint density at radius 1 is 1.32 bits per heavy atom. The van der Waals surface area contributed by atoms with Crippen LogP contribution in [0.5, 0.6) is 0 Å². The molecule has 0 spiro atoms. The monoisotopic (exact) mass is 377 g/mol. The maximum Gasteiger partial charge on any atom is 0.254 e. The van der Waals surface area contributed by atoms with Crippen molar-refractivity contribution in [1.29, 1.82) is 0 Å². The molecule has 1 aromatic carbocycles. The first-order valence-corrected chi connectivity index (χ1v) is 8.68. The number of carbonyl (C=O) groups is 1. The van der Waals surface area contributed by atoms with Crippen LogP contribution in [0.25, 0.3) is 5.69 Å². The van der Waals surface area contributed by atoms with Crippen LogP contribution in [-0.4, -0.2) is 43.5 Å². The molecule has 3 heterocycles. The zero-order valence-corrected chi connectivity index (χ0v) is 15.1. The summed E-state index contributed by atoms with van der Waals surface area (Å²) < 4.78 is 0. The van der Waals surface area contributed by atoms with E-state index in [4.69, 9.17) is 5.73 Å². The number of carbonyl (C=O) groups excluding carboxylic acids is 1. The largest absolute Gasteiger partial charge is 0.386 e. The Morgan fingerprint density at radius 2 is 2.14 bits per heavy atom. The maximum absolute atomic E-state index is 11.8. The number of aromatic nitrogens is 5. The summed E-state index contributed by atoms with van der Waals surface area (Å²) in [4.78, 5) is 21.9. The van der Waals surface area contributed by atoms with Crippen molar-refractivity contribution in [2.45, 2.75) is 13.0 Å². The van der Waals surface area contributed by atoms with Crippen LogP contribution in [0.1, 0.15) is 17.3 Å². The molecule has 0 saturated heterocycles. The molecule has 142 valence electrons. The fourth-order valence-electron chi connectivity index (χ4n) is 2.87. The molecule has 10 heteroatoms. The lowest BCUT2D eigenvalue weighted by Gasteiger charge is -2.14. The van der Waals surface area contributed by atoms with Crippen LogP contribution in [0, 0.1) is 0 Å². The number of nitrogens with two attached hydrogens (primary N) is 1. The van der Waals surface area contributed by atoms with E-state index >= 15 is 0 Å². The number of hydrogen-bond acceptors (Lipinski definition) is 8. The highest BCUT2D eigenvalue weighted by Crippen LogP contribution is 2.22. The minimum absolute atomic E-state index is 0.0708. The van der Waals surface area contributed by atoms with E-state index in [9.17, 15) is 4.79 Å². The SMILES string of the molecule is CC1=C[C@@H](Nc2ncc(C(N)=O)c(Nc3cccc(-n4nccn4)c3)n2)CN1.